The second kappa shape index (κ2) is 7.39. The highest BCUT2D eigenvalue weighted by atomic mass is 16.5. The summed E-state index contributed by atoms with van der Waals surface area (Å²) in [4.78, 5) is 5.97. The van der Waals surface area contributed by atoms with Crippen molar-refractivity contribution < 1.29 is 4.74 Å². The van der Waals surface area contributed by atoms with Gasteiger partial charge in [0.05, 0.1) is 7.11 Å². The Morgan fingerprint density at radius 3 is 2.78 bits per heavy atom. The summed E-state index contributed by atoms with van der Waals surface area (Å²) in [6, 6.07) is 4.36. The Morgan fingerprint density at radius 1 is 1.30 bits per heavy atom. The molecule has 0 radical (unpaired) electrons. The van der Waals surface area contributed by atoms with E-state index in [-0.39, 0.29) is 0 Å². The third-order valence-electron chi connectivity index (χ3n) is 5.39. The van der Waals surface area contributed by atoms with Crippen LogP contribution in [-0.4, -0.2) is 30.1 Å². The lowest BCUT2D eigenvalue weighted by atomic mass is 9.91. The number of fused-ring (bicyclic) bond motifs is 1. The van der Waals surface area contributed by atoms with Crippen molar-refractivity contribution in [1.82, 2.24) is 9.88 Å². The van der Waals surface area contributed by atoms with Crippen molar-refractivity contribution in [2.45, 2.75) is 52.5 Å². The third kappa shape index (κ3) is 3.55. The number of hydrogen-bond donors (Lipinski definition) is 1. The summed E-state index contributed by atoms with van der Waals surface area (Å²) >= 11 is 0. The van der Waals surface area contributed by atoms with Gasteiger partial charge in [0.1, 0.15) is 5.75 Å². The molecule has 1 saturated heterocycles. The van der Waals surface area contributed by atoms with E-state index in [1.54, 1.807) is 7.11 Å². The van der Waals surface area contributed by atoms with Gasteiger partial charge < -0.3 is 9.72 Å². The van der Waals surface area contributed by atoms with Gasteiger partial charge in [-0.25, -0.2) is 0 Å². The van der Waals surface area contributed by atoms with Gasteiger partial charge >= 0.3 is 0 Å². The van der Waals surface area contributed by atoms with Crippen molar-refractivity contribution in [2.75, 3.05) is 20.2 Å². The number of aromatic amines is 1. The van der Waals surface area contributed by atoms with Crippen LogP contribution in [0.2, 0.25) is 0 Å². The number of unbranched alkanes of at least 4 members (excludes halogenated alkanes) is 1. The molecule has 0 bridgehead atoms. The van der Waals surface area contributed by atoms with E-state index in [1.165, 1.54) is 67.2 Å². The van der Waals surface area contributed by atoms with Crippen LogP contribution in [0.4, 0.5) is 0 Å². The number of ether oxygens (including phenoxy) is 1. The van der Waals surface area contributed by atoms with E-state index in [0.717, 1.165) is 18.2 Å². The summed E-state index contributed by atoms with van der Waals surface area (Å²) in [6.45, 7) is 7.87. The molecule has 1 aromatic carbocycles. The topological polar surface area (TPSA) is 28.3 Å². The van der Waals surface area contributed by atoms with E-state index in [4.69, 9.17) is 4.74 Å². The molecule has 1 aliphatic heterocycles. The number of rotatable bonds is 6. The Balaban J connectivity index is 1.72. The Kier molecular flexibility index (Phi) is 5.27. The molecule has 3 nitrogen and oxygen atoms in total. The molecule has 0 spiro atoms. The first-order valence-corrected chi connectivity index (χ1v) is 9.08. The largest absolute Gasteiger partial charge is 0.496 e. The average molecular weight is 314 g/mol. The summed E-state index contributed by atoms with van der Waals surface area (Å²) < 4.78 is 5.68. The van der Waals surface area contributed by atoms with E-state index in [1.807, 2.05) is 6.20 Å². The molecule has 23 heavy (non-hydrogen) atoms. The fourth-order valence-electron chi connectivity index (χ4n) is 3.93. The fraction of sp³-hybridized carbons (Fsp3) is 0.600. The predicted molar refractivity (Wildman–Crippen MR) is 97.1 cm³/mol. The van der Waals surface area contributed by atoms with Crippen LogP contribution in [-0.2, 0) is 6.54 Å². The lowest BCUT2D eigenvalue weighted by Crippen LogP contribution is -2.33. The standard InChI is InChI=1S/C20H30N2O/c1-4-5-6-16-8-11-22(12-9-16)14-18-17-7-10-21-20(17)15(2)13-19(18)23-3/h7,10,13,16,21H,4-6,8-9,11-12,14H2,1-3H3. The van der Waals surface area contributed by atoms with Crippen molar-refractivity contribution in [3.8, 4) is 5.75 Å². The van der Waals surface area contributed by atoms with Crippen LogP contribution in [0.5, 0.6) is 5.75 Å². The zero-order chi connectivity index (χ0) is 16.2. The van der Waals surface area contributed by atoms with Gasteiger partial charge in [-0.05, 0) is 56.5 Å². The number of aryl methyl sites for hydroxylation is 1. The highest BCUT2D eigenvalue weighted by Gasteiger charge is 2.21. The number of H-pyrrole nitrogens is 1. The second-order valence-electron chi connectivity index (χ2n) is 7.00. The van der Waals surface area contributed by atoms with Gasteiger partial charge in [0, 0.05) is 29.2 Å². The number of hydrogen-bond acceptors (Lipinski definition) is 2. The first-order chi connectivity index (χ1) is 11.2. The molecular weight excluding hydrogens is 284 g/mol. The lowest BCUT2D eigenvalue weighted by molar-refractivity contribution is 0.170. The summed E-state index contributed by atoms with van der Waals surface area (Å²) in [6.07, 6.45) is 8.87. The minimum atomic E-state index is 0.943. The highest BCUT2D eigenvalue weighted by Crippen LogP contribution is 2.33. The summed E-state index contributed by atoms with van der Waals surface area (Å²) in [5, 5.41) is 1.31. The Hall–Kier alpha value is -1.48. The quantitative estimate of drug-likeness (QED) is 0.822. The van der Waals surface area contributed by atoms with Gasteiger partial charge in [-0.15, -0.1) is 0 Å². The molecule has 2 heterocycles. The van der Waals surface area contributed by atoms with Crippen molar-refractivity contribution >= 4 is 10.9 Å². The fourth-order valence-corrected chi connectivity index (χ4v) is 3.93. The first kappa shape index (κ1) is 16.4. The molecule has 126 valence electrons. The number of benzene rings is 1. The maximum Gasteiger partial charge on any atom is 0.124 e. The average Bonchev–Trinajstić information content (AvgIpc) is 3.07. The molecule has 2 aromatic rings. The summed E-state index contributed by atoms with van der Waals surface area (Å²) in [5.74, 6) is 1.97. The SMILES string of the molecule is CCCCC1CCN(Cc2c(OC)cc(C)c3[nH]ccc23)CC1. The van der Waals surface area contributed by atoms with Crippen LogP contribution >= 0.6 is 0 Å². The lowest BCUT2D eigenvalue weighted by Gasteiger charge is -2.32. The van der Waals surface area contributed by atoms with Crippen LogP contribution in [0.15, 0.2) is 18.3 Å². The smallest absolute Gasteiger partial charge is 0.124 e. The molecule has 3 heteroatoms. The minimum Gasteiger partial charge on any atom is -0.496 e. The van der Waals surface area contributed by atoms with E-state index in [2.05, 4.69) is 35.9 Å². The number of likely N-dealkylation sites (tertiary alicyclic amines) is 1. The van der Waals surface area contributed by atoms with Gasteiger partial charge in [-0.1, -0.05) is 26.2 Å². The van der Waals surface area contributed by atoms with Gasteiger partial charge in [-0.2, -0.15) is 0 Å². The molecular formula is C20H30N2O. The molecule has 0 unspecified atom stereocenters. The van der Waals surface area contributed by atoms with Crippen molar-refractivity contribution in [3.05, 3.63) is 29.5 Å². The maximum absolute atomic E-state index is 5.68. The van der Waals surface area contributed by atoms with Gasteiger partial charge in [0.25, 0.3) is 0 Å². The zero-order valence-electron chi connectivity index (χ0n) is 14.8. The monoisotopic (exact) mass is 314 g/mol. The van der Waals surface area contributed by atoms with Crippen LogP contribution in [0, 0.1) is 12.8 Å². The molecule has 1 N–H and O–H groups in total. The van der Waals surface area contributed by atoms with Crippen LogP contribution < -0.4 is 4.74 Å². The predicted octanol–water partition coefficient (Wildman–Crippen LogP) is 4.89. The van der Waals surface area contributed by atoms with E-state index >= 15 is 0 Å². The number of methoxy groups -OCH3 is 1. The van der Waals surface area contributed by atoms with E-state index < -0.39 is 0 Å². The van der Waals surface area contributed by atoms with Crippen LogP contribution in [0.3, 0.4) is 0 Å². The Bertz CT molecular complexity index is 638. The number of nitrogens with one attached hydrogen (secondary N) is 1. The molecule has 0 aliphatic carbocycles. The van der Waals surface area contributed by atoms with E-state index in [9.17, 15) is 0 Å². The molecule has 1 fully saturated rings. The number of nitrogens with zero attached hydrogens (tertiary/aromatic N) is 1. The number of aromatic nitrogens is 1. The normalized spacial score (nSPS) is 17.0. The molecule has 0 atom stereocenters. The molecule has 3 rings (SSSR count). The van der Waals surface area contributed by atoms with Gasteiger partial charge in [0.15, 0.2) is 0 Å². The second-order valence-corrected chi connectivity index (χ2v) is 7.00. The third-order valence-corrected chi connectivity index (χ3v) is 5.39. The first-order valence-electron chi connectivity index (χ1n) is 9.08. The van der Waals surface area contributed by atoms with E-state index in [0.29, 0.717) is 0 Å². The Morgan fingerprint density at radius 2 is 2.09 bits per heavy atom. The van der Waals surface area contributed by atoms with Crippen molar-refractivity contribution in [3.63, 3.8) is 0 Å². The van der Waals surface area contributed by atoms with Gasteiger partial charge in [-0.3, -0.25) is 4.90 Å². The molecule has 0 amide bonds. The van der Waals surface area contributed by atoms with Crippen LogP contribution in [0.1, 0.15) is 50.2 Å². The summed E-state index contributed by atoms with van der Waals surface area (Å²) in [7, 11) is 1.79. The number of piperidine rings is 1. The van der Waals surface area contributed by atoms with Gasteiger partial charge in [0.2, 0.25) is 0 Å². The maximum atomic E-state index is 5.68. The summed E-state index contributed by atoms with van der Waals surface area (Å²) in [5.41, 5.74) is 3.84. The zero-order valence-corrected chi connectivity index (χ0v) is 14.8. The minimum absolute atomic E-state index is 0.943. The molecule has 1 aromatic heterocycles. The molecule has 1 aliphatic rings. The molecule has 0 saturated carbocycles. The highest BCUT2D eigenvalue weighted by molar-refractivity contribution is 5.88. The van der Waals surface area contributed by atoms with Crippen LogP contribution in [0.25, 0.3) is 10.9 Å². The van der Waals surface area contributed by atoms with Crippen molar-refractivity contribution in [2.24, 2.45) is 5.92 Å². The Labute approximate surface area is 140 Å². The van der Waals surface area contributed by atoms with Crippen molar-refractivity contribution in [1.29, 1.82) is 0 Å².